The van der Waals surface area contributed by atoms with Gasteiger partial charge < -0.3 is 30.2 Å². The summed E-state index contributed by atoms with van der Waals surface area (Å²) in [6, 6.07) is 13.4. The highest BCUT2D eigenvalue weighted by atomic mass is 16.3. The van der Waals surface area contributed by atoms with Crippen LogP contribution in [0.1, 0.15) is 81.5 Å². The second kappa shape index (κ2) is 13.8. The molecule has 0 aliphatic rings. The number of phenolic OH excluding ortho intramolecular Hbond substituents is 4. The number of rotatable bonds is 14. The van der Waals surface area contributed by atoms with E-state index in [9.17, 15) is 25.2 Å². The van der Waals surface area contributed by atoms with Crippen LogP contribution in [0, 0.1) is 0 Å². The molecule has 7 nitrogen and oxygen atoms in total. The topological polar surface area (TPSA) is 123 Å². The average molecular weight is 546 g/mol. The van der Waals surface area contributed by atoms with Crippen molar-refractivity contribution in [1.29, 1.82) is 0 Å². The summed E-state index contributed by atoms with van der Waals surface area (Å²) in [6.45, 7) is 2.74. The molecule has 1 heterocycles. The first-order valence-corrected chi connectivity index (χ1v) is 14.3. The van der Waals surface area contributed by atoms with Gasteiger partial charge in [-0.25, -0.2) is 0 Å². The molecule has 0 bridgehead atoms. The van der Waals surface area contributed by atoms with Gasteiger partial charge in [0.15, 0.2) is 0 Å². The number of carbonyl (C=O) groups is 1. The highest BCUT2D eigenvalue weighted by Gasteiger charge is 2.24. The molecule has 0 radical (unpaired) electrons. The van der Waals surface area contributed by atoms with Crippen LogP contribution < -0.4 is 5.32 Å². The van der Waals surface area contributed by atoms with Crippen LogP contribution in [0.3, 0.4) is 0 Å². The number of benzene rings is 3. The lowest BCUT2D eigenvalue weighted by Crippen LogP contribution is -2.24. The number of hydrogen-bond donors (Lipinski definition) is 5. The highest BCUT2D eigenvalue weighted by Crippen LogP contribution is 2.45. The van der Waals surface area contributed by atoms with E-state index in [0.717, 1.165) is 19.3 Å². The molecule has 0 saturated heterocycles. The van der Waals surface area contributed by atoms with E-state index in [1.54, 1.807) is 12.1 Å². The van der Waals surface area contributed by atoms with Crippen LogP contribution in [0.25, 0.3) is 33.4 Å². The second-order valence-electron chi connectivity index (χ2n) is 10.4. The van der Waals surface area contributed by atoms with Crippen molar-refractivity contribution >= 4 is 16.9 Å². The Kier molecular flexibility index (Phi) is 9.95. The third-order valence-electron chi connectivity index (χ3n) is 7.16. The first-order chi connectivity index (χ1) is 19.4. The molecule has 0 aliphatic heterocycles. The second-order valence-corrected chi connectivity index (χ2v) is 10.4. The monoisotopic (exact) mass is 545 g/mol. The van der Waals surface area contributed by atoms with Gasteiger partial charge in [-0.2, -0.15) is 0 Å². The Morgan fingerprint density at radius 1 is 0.675 bits per heavy atom. The van der Waals surface area contributed by atoms with E-state index < -0.39 is 0 Å². The van der Waals surface area contributed by atoms with Gasteiger partial charge in [-0.15, -0.1) is 0 Å². The fourth-order valence-corrected chi connectivity index (χ4v) is 5.13. The van der Waals surface area contributed by atoms with Gasteiger partial charge in [-0.1, -0.05) is 64.7 Å². The van der Waals surface area contributed by atoms with E-state index in [1.165, 1.54) is 87.4 Å². The van der Waals surface area contributed by atoms with E-state index in [4.69, 9.17) is 4.42 Å². The Morgan fingerprint density at radius 3 is 1.88 bits per heavy atom. The van der Waals surface area contributed by atoms with Crippen LogP contribution in [-0.2, 0) is 0 Å². The molecule has 0 saturated carbocycles. The maximum atomic E-state index is 13.4. The van der Waals surface area contributed by atoms with Gasteiger partial charge in [0.25, 0.3) is 5.91 Å². The summed E-state index contributed by atoms with van der Waals surface area (Å²) >= 11 is 0. The quantitative estimate of drug-likeness (QED) is 0.102. The van der Waals surface area contributed by atoms with Crippen molar-refractivity contribution in [3.8, 4) is 45.4 Å². The minimum atomic E-state index is -0.347. The minimum absolute atomic E-state index is 0.0843. The van der Waals surface area contributed by atoms with Crippen LogP contribution in [0.5, 0.6) is 23.0 Å². The molecule has 40 heavy (non-hydrogen) atoms. The SMILES string of the molecule is CCCCCCCCCCCCNC(=O)c1cc(O)cc2oc(-c3ccc(O)cc3)c(-c3cc(O)cc(O)c3)c12. The number of amides is 1. The van der Waals surface area contributed by atoms with Gasteiger partial charge in [0.2, 0.25) is 0 Å². The molecule has 3 aromatic carbocycles. The molecule has 1 amide bonds. The van der Waals surface area contributed by atoms with Crippen molar-refractivity contribution in [3.05, 3.63) is 60.2 Å². The summed E-state index contributed by atoms with van der Waals surface area (Å²) < 4.78 is 6.16. The van der Waals surface area contributed by atoms with Crippen LogP contribution in [-0.4, -0.2) is 32.9 Å². The standard InChI is InChI=1S/C33H39NO6/c1-2-3-4-5-6-7-8-9-10-11-16-34-33(39)28-20-27(38)21-29-31(28)30(23-17-25(36)19-26(37)18-23)32(40-29)22-12-14-24(35)15-13-22/h12-15,17-21,35-38H,2-11,16H2,1H3,(H,34,39). The molecule has 5 N–H and O–H groups in total. The van der Waals surface area contributed by atoms with Crippen molar-refractivity contribution < 1.29 is 29.6 Å². The molecule has 4 rings (SSSR count). The molecular formula is C33H39NO6. The summed E-state index contributed by atoms with van der Waals surface area (Å²) in [5.41, 5.74) is 2.05. The molecular weight excluding hydrogens is 506 g/mol. The van der Waals surface area contributed by atoms with Crippen molar-refractivity contribution in [3.63, 3.8) is 0 Å². The molecule has 0 spiro atoms. The van der Waals surface area contributed by atoms with Gasteiger partial charge in [0.05, 0.1) is 5.56 Å². The zero-order valence-corrected chi connectivity index (χ0v) is 23.1. The Bertz CT molecular complexity index is 1400. The van der Waals surface area contributed by atoms with E-state index in [0.29, 0.717) is 34.4 Å². The molecule has 0 fully saturated rings. The largest absolute Gasteiger partial charge is 0.508 e. The Hall–Kier alpha value is -4.13. The van der Waals surface area contributed by atoms with Crippen LogP contribution >= 0.6 is 0 Å². The number of carbonyl (C=O) groups excluding carboxylic acids is 1. The van der Waals surface area contributed by atoms with Crippen molar-refractivity contribution in [1.82, 2.24) is 5.32 Å². The lowest BCUT2D eigenvalue weighted by Gasteiger charge is -2.10. The lowest BCUT2D eigenvalue weighted by atomic mass is 9.95. The third-order valence-corrected chi connectivity index (χ3v) is 7.16. The number of furan rings is 1. The van der Waals surface area contributed by atoms with Gasteiger partial charge in [0.1, 0.15) is 34.3 Å². The molecule has 0 atom stereocenters. The maximum Gasteiger partial charge on any atom is 0.252 e. The molecule has 4 aromatic rings. The molecule has 7 heteroatoms. The Morgan fingerprint density at radius 2 is 1.25 bits per heavy atom. The zero-order valence-electron chi connectivity index (χ0n) is 23.1. The van der Waals surface area contributed by atoms with Crippen molar-refractivity contribution in [2.75, 3.05) is 6.54 Å². The first kappa shape index (κ1) is 28.9. The Labute approximate surface area is 235 Å². The van der Waals surface area contributed by atoms with Crippen molar-refractivity contribution in [2.24, 2.45) is 0 Å². The number of unbranched alkanes of at least 4 members (excludes halogenated alkanes) is 9. The fraction of sp³-hybridized carbons (Fsp3) is 0.364. The summed E-state index contributed by atoms with van der Waals surface area (Å²) in [4.78, 5) is 13.4. The third kappa shape index (κ3) is 7.29. The first-order valence-electron chi connectivity index (χ1n) is 14.3. The normalized spacial score (nSPS) is 11.2. The Balaban J connectivity index is 1.55. The summed E-state index contributed by atoms with van der Waals surface area (Å²) in [5, 5.41) is 44.1. The molecule has 0 unspecified atom stereocenters. The number of phenols is 4. The van der Waals surface area contributed by atoms with Crippen LogP contribution in [0.4, 0.5) is 0 Å². The summed E-state index contributed by atoms with van der Waals surface area (Å²) in [7, 11) is 0. The summed E-state index contributed by atoms with van der Waals surface area (Å²) in [5.74, 6) is -0.303. The van der Waals surface area contributed by atoms with Gasteiger partial charge in [-0.05, 0) is 54.4 Å². The lowest BCUT2D eigenvalue weighted by molar-refractivity contribution is 0.0954. The maximum absolute atomic E-state index is 13.4. The van der Waals surface area contributed by atoms with E-state index in [-0.39, 0.29) is 40.1 Å². The molecule has 212 valence electrons. The predicted octanol–water partition coefficient (Wildman–Crippen LogP) is 8.24. The number of hydrogen-bond acceptors (Lipinski definition) is 6. The summed E-state index contributed by atoms with van der Waals surface area (Å²) in [6.07, 6.45) is 12.0. The highest BCUT2D eigenvalue weighted by molar-refractivity contribution is 6.14. The van der Waals surface area contributed by atoms with Crippen LogP contribution in [0.15, 0.2) is 59.0 Å². The van der Waals surface area contributed by atoms with Gasteiger partial charge in [0, 0.05) is 35.2 Å². The average Bonchev–Trinajstić information content (AvgIpc) is 3.30. The van der Waals surface area contributed by atoms with Gasteiger partial charge >= 0.3 is 0 Å². The van der Waals surface area contributed by atoms with E-state index in [1.807, 2.05) is 0 Å². The zero-order chi connectivity index (χ0) is 28.5. The number of nitrogens with one attached hydrogen (secondary N) is 1. The minimum Gasteiger partial charge on any atom is -0.508 e. The van der Waals surface area contributed by atoms with Crippen LogP contribution in [0.2, 0.25) is 0 Å². The number of fused-ring (bicyclic) bond motifs is 1. The van der Waals surface area contributed by atoms with Crippen molar-refractivity contribution in [2.45, 2.75) is 71.1 Å². The predicted molar refractivity (Wildman–Crippen MR) is 158 cm³/mol. The van der Waals surface area contributed by atoms with E-state index in [2.05, 4.69) is 12.2 Å². The number of aromatic hydroxyl groups is 4. The fourth-order valence-electron chi connectivity index (χ4n) is 5.13. The van der Waals surface area contributed by atoms with E-state index >= 15 is 0 Å². The molecule has 0 aliphatic carbocycles. The van der Waals surface area contributed by atoms with Gasteiger partial charge in [-0.3, -0.25) is 4.79 Å². The molecule has 1 aromatic heterocycles. The smallest absolute Gasteiger partial charge is 0.252 e.